The smallest absolute Gasteiger partial charge is 0.159 e. The molecule has 3 heteroatoms. The number of ether oxygens (including phenoxy) is 1. The van der Waals surface area contributed by atoms with Crippen LogP contribution in [0.25, 0.3) is 0 Å². The molecule has 1 aliphatic rings. The van der Waals surface area contributed by atoms with E-state index in [-0.39, 0.29) is 11.9 Å². The van der Waals surface area contributed by atoms with E-state index in [9.17, 15) is 4.79 Å². The average molecular weight is 217 g/mol. The molecule has 0 spiro atoms. The molecule has 1 aromatic carbocycles. The number of carbonyl (C=O) groups is 1. The summed E-state index contributed by atoms with van der Waals surface area (Å²) in [5.41, 5.74) is 1.75. The van der Waals surface area contributed by atoms with Crippen LogP contribution in [0.5, 0.6) is 0 Å². The molecule has 0 saturated heterocycles. The van der Waals surface area contributed by atoms with Crippen LogP contribution in [-0.4, -0.2) is 18.6 Å². The van der Waals surface area contributed by atoms with Crippen molar-refractivity contribution in [2.75, 3.05) is 11.6 Å². The lowest BCUT2D eigenvalue weighted by Crippen LogP contribution is -2.33. The molecule has 0 amide bonds. The summed E-state index contributed by atoms with van der Waals surface area (Å²) in [5, 5.41) is 0. The normalized spacial score (nSPS) is 20.5. The Morgan fingerprint density at radius 3 is 2.69 bits per heavy atom. The van der Waals surface area contributed by atoms with E-state index in [1.165, 1.54) is 0 Å². The number of Topliss-reactive ketones (excluding diaryl/α,β-unsaturated/α-hetero) is 1. The summed E-state index contributed by atoms with van der Waals surface area (Å²) in [6, 6.07) is 9.89. The van der Waals surface area contributed by atoms with E-state index >= 15 is 0 Å². The Balaban J connectivity index is 2.28. The first-order chi connectivity index (χ1) is 7.68. The predicted molar refractivity (Wildman–Crippen MR) is 63.1 cm³/mol. The van der Waals surface area contributed by atoms with Gasteiger partial charge in [0.05, 0.1) is 6.10 Å². The van der Waals surface area contributed by atoms with Crippen molar-refractivity contribution >= 4 is 11.5 Å². The minimum absolute atomic E-state index is 0.0631. The van der Waals surface area contributed by atoms with E-state index in [0.29, 0.717) is 6.73 Å². The molecule has 1 heterocycles. The third-order valence-corrected chi connectivity index (χ3v) is 2.69. The van der Waals surface area contributed by atoms with Crippen LogP contribution < -0.4 is 4.90 Å². The van der Waals surface area contributed by atoms with Gasteiger partial charge in [-0.15, -0.1) is 0 Å². The molecule has 2 rings (SSSR count). The average Bonchev–Trinajstić information content (AvgIpc) is 2.30. The molecule has 16 heavy (non-hydrogen) atoms. The highest BCUT2D eigenvalue weighted by Gasteiger charge is 2.21. The molecule has 0 saturated carbocycles. The van der Waals surface area contributed by atoms with Gasteiger partial charge in [0, 0.05) is 17.5 Å². The fraction of sp³-hybridized carbons (Fsp3) is 0.308. The standard InChI is InChI=1S/C13H15NO2/c1-10(15)13-8-14(9-16-11(13)2)12-6-4-3-5-7-12/h3-8,11H,9H2,1-2H3/t11-/m0/s1. The summed E-state index contributed by atoms with van der Waals surface area (Å²) < 4.78 is 5.56. The maximum Gasteiger partial charge on any atom is 0.159 e. The Morgan fingerprint density at radius 2 is 2.06 bits per heavy atom. The van der Waals surface area contributed by atoms with Crippen LogP contribution in [0.15, 0.2) is 42.1 Å². The zero-order valence-corrected chi connectivity index (χ0v) is 9.51. The first-order valence-electron chi connectivity index (χ1n) is 5.34. The number of carbonyl (C=O) groups excluding carboxylic acids is 1. The minimum atomic E-state index is -0.113. The van der Waals surface area contributed by atoms with Crippen molar-refractivity contribution in [1.29, 1.82) is 0 Å². The molecular weight excluding hydrogens is 202 g/mol. The van der Waals surface area contributed by atoms with Crippen LogP contribution >= 0.6 is 0 Å². The first kappa shape index (κ1) is 10.9. The highest BCUT2D eigenvalue weighted by molar-refractivity contribution is 5.94. The van der Waals surface area contributed by atoms with E-state index in [2.05, 4.69) is 0 Å². The van der Waals surface area contributed by atoms with Crippen LogP contribution in [0.3, 0.4) is 0 Å². The second-order valence-electron chi connectivity index (χ2n) is 3.88. The highest BCUT2D eigenvalue weighted by atomic mass is 16.5. The van der Waals surface area contributed by atoms with E-state index < -0.39 is 0 Å². The van der Waals surface area contributed by atoms with Crippen molar-refractivity contribution in [2.24, 2.45) is 0 Å². The van der Waals surface area contributed by atoms with Crippen LogP contribution in [0.2, 0.25) is 0 Å². The number of nitrogens with zero attached hydrogens (tertiary/aromatic N) is 1. The Labute approximate surface area is 95.3 Å². The van der Waals surface area contributed by atoms with Gasteiger partial charge in [-0.25, -0.2) is 0 Å². The summed E-state index contributed by atoms with van der Waals surface area (Å²) in [4.78, 5) is 13.4. The van der Waals surface area contributed by atoms with Crippen LogP contribution in [0.1, 0.15) is 13.8 Å². The lowest BCUT2D eigenvalue weighted by molar-refractivity contribution is -0.115. The van der Waals surface area contributed by atoms with E-state index in [4.69, 9.17) is 4.74 Å². The van der Waals surface area contributed by atoms with E-state index in [1.807, 2.05) is 48.4 Å². The summed E-state index contributed by atoms with van der Waals surface area (Å²) >= 11 is 0. The van der Waals surface area contributed by atoms with E-state index in [0.717, 1.165) is 11.3 Å². The lowest BCUT2D eigenvalue weighted by atomic mass is 10.1. The molecule has 0 bridgehead atoms. The molecule has 1 atom stereocenters. The number of ketones is 1. The van der Waals surface area contributed by atoms with Gasteiger partial charge in [0.15, 0.2) is 5.78 Å². The maximum absolute atomic E-state index is 11.4. The van der Waals surface area contributed by atoms with E-state index in [1.54, 1.807) is 6.92 Å². The monoisotopic (exact) mass is 217 g/mol. The molecular formula is C13H15NO2. The van der Waals surface area contributed by atoms with Crippen LogP contribution in [-0.2, 0) is 9.53 Å². The van der Waals surface area contributed by atoms with Gasteiger partial charge in [-0.1, -0.05) is 18.2 Å². The Bertz CT molecular complexity index is 411. The fourth-order valence-corrected chi connectivity index (χ4v) is 1.74. The molecule has 0 aromatic heterocycles. The first-order valence-corrected chi connectivity index (χ1v) is 5.34. The number of hydrogen-bond donors (Lipinski definition) is 0. The Hall–Kier alpha value is -1.61. The van der Waals surface area contributed by atoms with Gasteiger partial charge < -0.3 is 9.64 Å². The quantitative estimate of drug-likeness (QED) is 0.761. The summed E-state index contributed by atoms with van der Waals surface area (Å²) in [5.74, 6) is 0.0631. The molecule has 1 aliphatic heterocycles. The van der Waals surface area contributed by atoms with Crippen molar-refractivity contribution in [3.63, 3.8) is 0 Å². The Kier molecular flexibility index (Phi) is 3.06. The summed E-state index contributed by atoms with van der Waals surface area (Å²) in [6.45, 7) is 3.96. The molecule has 0 radical (unpaired) electrons. The zero-order chi connectivity index (χ0) is 11.5. The van der Waals surface area contributed by atoms with Gasteiger partial charge in [-0.3, -0.25) is 4.79 Å². The third-order valence-electron chi connectivity index (χ3n) is 2.69. The van der Waals surface area contributed by atoms with Crippen molar-refractivity contribution in [1.82, 2.24) is 0 Å². The maximum atomic E-state index is 11.4. The molecule has 84 valence electrons. The summed E-state index contributed by atoms with van der Waals surface area (Å²) in [6.07, 6.45) is 1.77. The lowest BCUT2D eigenvalue weighted by Gasteiger charge is -2.30. The zero-order valence-electron chi connectivity index (χ0n) is 9.51. The predicted octanol–water partition coefficient (Wildman–Crippen LogP) is 2.34. The van der Waals surface area contributed by atoms with Gasteiger partial charge in [0.1, 0.15) is 6.73 Å². The van der Waals surface area contributed by atoms with Crippen molar-refractivity contribution < 1.29 is 9.53 Å². The molecule has 3 nitrogen and oxygen atoms in total. The fourth-order valence-electron chi connectivity index (χ4n) is 1.74. The number of para-hydroxylation sites is 1. The second kappa shape index (κ2) is 4.49. The van der Waals surface area contributed by atoms with Gasteiger partial charge in [0.25, 0.3) is 0 Å². The minimum Gasteiger partial charge on any atom is -0.353 e. The summed E-state index contributed by atoms with van der Waals surface area (Å²) in [7, 11) is 0. The second-order valence-corrected chi connectivity index (χ2v) is 3.88. The van der Waals surface area contributed by atoms with Crippen molar-refractivity contribution in [3.8, 4) is 0 Å². The number of rotatable bonds is 2. The van der Waals surface area contributed by atoms with Crippen LogP contribution in [0, 0.1) is 0 Å². The molecule has 0 N–H and O–H groups in total. The molecule has 0 aliphatic carbocycles. The van der Waals surface area contributed by atoms with Crippen molar-refractivity contribution in [3.05, 3.63) is 42.1 Å². The van der Waals surface area contributed by atoms with Gasteiger partial charge in [-0.2, -0.15) is 0 Å². The largest absolute Gasteiger partial charge is 0.353 e. The third kappa shape index (κ3) is 2.14. The number of hydrogen-bond acceptors (Lipinski definition) is 3. The topological polar surface area (TPSA) is 29.5 Å². The molecule has 1 aromatic rings. The SMILES string of the molecule is CC(=O)C1=CN(c2ccccc2)CO[C@H]1C. The number of anilines is 1. The van der Waals surface area contributed by atoms with Crippen LogP contribution in [0.4, 0.5) is 5.69 Å². The van der Waals surface area contributed by atoms with Gasteiger partial charge in [0.2, 0.25) is 0 Å². The van der Waals surface area contributed by atoms with Gasteiger partial charge in [-0.05, 0) is 26.0 Å². The highest BCUT2D eigenvalue weighted by Crippen LogP contribution is 2.21. The van der Waals surface area contributed by atoms with Gasteiger partial charge >= 0.3 is 0 Å². The molecule has 0 unspecified atom stereocenters. The Morgan fingerprint density at radius 1 is 1.38 bits per heavy atom. The number of benzene rings is 1. The molecule has 0 fully saturated rings. The van der Waals surface area contributed by atoms with Crippen molar-refractivity contribution in [2.45, 2.75) is 20.0 Å².